The highest BCUT2D eigenvalue weighted by Crippen LogP contribution is 2.28. The van der Waals surface area contributed by atoms with E-state index < -0.39 is 17.6 Å². The summed E-state index contributed by atoms with van der Waals surface area (Å²) in [6, 6.07) is 4.06. The number of rotatable bonds is 8. The monoisotopic (exact) mass is 272 g/mol. The van der Waals surface area contributed by atoms with Gasteiger partial charge in [-0.25, -0.2) is 0 Å². The summed E-state index contributed by atoms with van der Waals surface area (Å²) in [5.74, 6) is 0.318. The normalized spacial score (nSPS) is 11.9. The van der Waals surface area contributed by atoms with E-state index in [0.29, 0.717) is 5.75 Å². The molecule has 0 radical (unpaired) electrons. The van der Waals surface area contributed by atoms with Crippen molar-refractivity contribution in [2.75, 3.05) is 31.7 Å². The Kier molecular flexibility index (Phi) is 6.00. The van der Waals surface area contributed by atoms with Gasteiger partial charge in [0.25, 0.3) is 5.69 Å². The van der Waals surface area contributed by atoms with Crippen molar-refractivity contribution in [3.8, 4) is 5.75 Å². The van der Waals surface area contributed by atoms with Gasteiger partial charge >= 0.3 is 0 Å². The Balaban J connectivity index is 2.81. The van der Waals surface area contributed by atoms with Crippen LogP contribution in [0.2, 0.25) is 0 Å². The van der Waals surface area contributed by atoms with Crippen molar-refractivity contribution in [3.05, 3.63) is 28.3 Å². The second kappa shape index (κ2) is 7.52. The number of aliphatic hydroxyl groups is 3. The fourth-order valence-electron chi connectivity index (χ4n) is 1.34. The van der Waals surface area contributed by atoms with E-state index in [0.717, 1.165) is 0 Å². The number of hydrogen-bond donors (Lipinski definition) is 4. The Morgan fingerprint density at radius 2 is 2.16 bits per heavy atom. The molecule has 0 bridgehead atoms. The molecule has 1 atom stereocenters. The number of ether oxygens (including phenoxy) is 1. The summed E-state index contributed by atoms with van der Waals surface area (Å²) in [7, 11) is 0. The lowest BCUT2D eigenvalue weighted by molar-refractivity contribution is -0.384. The standard InChI is InChI=1S/C11H16N2O6/c14-4-3-12-10-5-9(19-7-8(16)6-15)1-2-11(10)13(17)18/h1-2,5,8,12,14-16H,3-4,6-7H2. The molecule has 0 amide bonds. The maximum Gasteiger partial charge on any atom is 0.292 e. The zero-order valence-electron chi connectivity index (χ0n) is 10.2. The lowest BCUT2D eigenvalue weighted by atomic mass is 10.2. The molecular formula is C11H16N2O6. The number of nitrogens with one attached hydrogen (secondary N) is 1. The molecule has 0 aliphatic rings. The molecule has 0 saturated heterocycles. The number of nitro benzene ring substituents is 1. The molecule has 8 heteroatoms. The molecule has 0 fully saturated rings. The fraction of sp³-hybridized carbons (Fsp3) is 0.455. The smallest absolute Gasteiger partial charge is 0.292 e. The highest BCUT2D eigenvalue weighted by atomic mass is 16.6. The van der Waals surface area contributed by atoms with Crippen LogP contribution in [-0.2, 0) is 0 Å². The summed E-state index contributed by atoms with van der Waals surface area (Å²) in [4.78, 5) is 10.2. The van der Waals surface area contributed by atoms with Crippen molar-refractivity contribution in [2.24, 2.45) is 0 Å². The summed E-state index contributed by atoms with van der Waals surface area (Å²) in [6.45, 7) is -0.536. The van der Waals surface area contributed by atoms with Gasteiger partial charge in [0.05, 0.1) is 18.1 Å². The van der Waals surface area contributed by atoms with Crippen LogP contribution in [0.1, 0.15) is 0 Å². The quantitative estimate of drug-likeness (QED) is 0.379. The average molecular weight is 272 g/mol. The molecule has 1 aromatic carbocycles. The largest absolute Gasteiger partial charge is 0.491 e. The fourth-order valence-corrected chi connectivity index (χ4v) is 1.34. The summed E-state index contributed by atoms with van der Waals surface area (Å²) < 4.78 is 5.18. The zero-order valence-corrected chi connectivity index (χ0v) is 10.2. The minimum Gasteiger partial charge on any atom is -0.491 e. The summed E-state index contributed by atoms with van der Waals surface area (Å²) in [5.41, 5.74) is 0.0820. The number of benzene rings is 1. The molecule has 0 heterocycles. The molecule has 1 rings (SSSR count). The molecule has 0 aliphatic heterocycles. The lowest BCUT2D eigenvalue weighted by Gasteiger charge is -2.11. The topological polar surface area (TPSA) is 125 Å². The van der Waals surface area contributed by atoms with Gasteiger partial charge in [0, 0.05) is 18.7 Å². The van der Waals surface area contributed by atoms with Gasteiger partial charge in [-0.2, -0.15) is 0 Å². The van der Waals surface area contributed by atoms with Crippen LogP contribution >= 0.6 is 0 Å². The summed E-state index contributed by atoms with van der Waals surface area (Å²) in [5, 5.41) is 40.0. The molecule has 106 valence electrons. The number of hydrogen-bond acceptors (Lipinski definition) is 7. The van der Waals surface area contributed by atoms with Gasteiger partial charge in [-0.1, -0.05) is 0 Å². The third-order valence-corrected chi connectivity index (χ3v) is 2.25. The van der Waals surface area contributed by atoms with E-state index in [1.54, 1.807) is 0 Å². The first-order valence-corrected chi connectivity index (χ1v) is 5.63. The SMILES string of the molecule is O=[N+]([O-])c1ccc(OCC(O)CO)cc1NCCO. The zero-order chi connectivity index (χ0) is 14.3. The molecule has 0 aliphatic carbocycles. The summed E-state index contributed by atoms with van der Waals surface area (Å²) >= 11 is 0. The Hall–Kier alpha value is -1.90. The van der Waals surface area contributed by atoms with E-state index in [2.05, 4.69) is 5.32 Å². The maximum absolute atomic E-state index is 10.8. The lowest BCUT2D eigenvalue weighted by Crippen LogP contribution is -2.21. The maximum atomic E-state index is 10.8. The average Bonchev–Trinajstić information content (AvgIpc) is 2.42. The van der Waals surface area contributed by atoms with E-state index >= 15 is 0 Å². The van der Waals surface area contributed by atoms with E-state index in [4.69, 9.17) is 20.1 Å². The number of nitro groups is 1. The highest BCUT2D eigenvalue weighted by molar-refractivity contribution is 5.64. The van der Waals surface area contributed by atoms with Gasteiger partial charge in [0.1, 0.15) is 24.1 Å². The Morgan fingerprint density at radius 1 is 1.42 bits per heavy atom. The predicted octanol–water partition coefficient (Wildman–Crippen LogP) is -0.269. The van der Waals surface area contributed by atoms with Gasteiger partial charge in [-0.3, -0.25) is 10.1 Å². The Labute approximate surface area is 109 Å². The van der Waals surface area contributed by atoms with Crippen molar-refractivity contribution >= 4 is 11.4 Å². The van der Waals surface area contributed by atoms with Gasteiger partial charge in [-0.15, -0.1) is 0 Å². The van der Waals surface area contributed by atoms with Crippen molar-refractivity contribution in [1.29, 1.82) is 0 Å². The second-order valence-electron chi connectivity index (χ2n) is 3.73. The van der Waals surface area contributed by atoms with E-state index in [-0.39, 0.29) is 31.1 Å². The molecule has 1 unspecified atom stereocenters. The van der Waals surface area contributed by atoms with Crippen LogP contribution in [-0.4, -0.2) is 52.7 Å². The van der Waals surface area contributed by atoms with Crippen LogP contribution in [0.25, 0.3) is 0 Å². The van der Waals surface area contributed by atoms with Crippen LogP contribution in [0, 0.1) is 10.1 Å². The Bertz CT molecular complexity index is 426. The van der Waals surface area contributed by atoms with Crippen molar-refractivity contribution in [1.82, 2.24) is 0 Å². The van der Waals surface area contributed by atoms with E-state index in [9.17, 15) is 10.1 Å². The number of aliphatic hydroxyl groups excluding tert-OH is 3. The number of nitrogens with zero attached hydrogens (tertiary/aromatic N) is 1. The first-order chi connectivity index (χ1) is 9.08. The van der Waals surface area contributed by atoms with Crippen LogP contribution in [0.5, 0.6) is 5.75 Å². The van der Waals surface area contributed by atoms with Gasteiger partial charge < -0.3 is 25.4 Å². The molecule has 0 saturated carbocycles. The van der Waals surface area contributed by atoms with Gasteiger partial charge in [0.2, 0.25) is 0 Å². The Morgan fingerprint density at radius 3 is 2.74 bits per heavy atom. The van der Waals surface area contributed by atoms with Crippen LogP contribution in [0.3, 0.4) is 0 Å². The molecule has 4 N–H and O–H groups in total. The first kappa shape index (κ1) is 15.2. The van der Waals surface area contributed by atoms with E-state index in [1.807, 2.05) is 0 Å². The highest BCUT2D eigenvalue weighted by Gasteiger charge is 2.14. The number of anilines is 1. The second-order valence-corrected chi connectivity index (χ2v) is 3.73. The minimum atomic E-state index is -1.01. The molecule has 0 spiro atoms. The third-order valence-electron chi connectivity index (χ3n) is 2.25. The first-order valence-electron chi connectivity index (χ1n) is 5.63. The van der Waals surface area contributed by atoms with Crippen molar-refractivity contribution in [3.63, 3.8) is 0 Å². The molecule has 0 aromatic heterocycles. The van der Waals surface area contributed by atoms with Crippen LogP contribution in [0.15, 0.2) is 18.2 Å². The van der Waals surface area contributed by atoms with Crippen molar-refractivity contribution < 1.29 is 25.0 Å². The molecular weight excluding hydrogens is 256 g/mol. The van der Waals surface area contributed by atoms with E-state index in [1.165, 1.54) is 18.2 Å². The molecule has 1 aromatic rings. The summed E-state index contributed by atoms with van der Waals surface area (Å²) in [6.07, 6.45) is -1.01. The van der Waals surface area contributed by atoms with Gasteiger partial charge in [-0.05, 0) is 6.07 Å². The van der Waals surface area contributed by atoms with Gasteiger partial charge in [0.15, 0.2) is 0 Å². The van der Waals surface area contributed by atoms with Crippen LogP contribution in [0.4, 0.5) is 11.4 Å². The predicted molar refractivity (Wildman–Crippen MR) is 67.3 cm³/mol. The third kappa shape index (κ3) is 4.70. The molecule has 19 heavy (non-hydrogen) atoms. The minimum absolute atomic E-state index is 0.117. The molecule has 8 nitrogen and oxygen atoms in total. The van der Waals surface area contributed by atoms with Crippen molar-refractivity contribution in [2.45, 2.75) is 6.10 Å². The van der Waals surface area contributed by atoms with Crippen LogP contribution < -0.4 is 10.1 Å².